The number of sulfonamides is 1. The van der Waals surface area contributed by atoms with Crippen molar-refractivity contribution in [2.75, 3.05) is 12.4 Å². The zero-order chi connectivity index (χ0) is 23.8. The fourth-order valence-corrected chi connectivity index (χ4v) is 4.46. The van der Waals surface area contributed by atoms with Gasteiger partial charge in [0.2, 0.25) is 11.3 Å². The van der Waals surface area contributed by atoms with E-state index in [1.54, 1.807) is 37.4 Å². The number of rotatable bonds is 5. The van der Waals surface area contributed by atoms with Gasteiger partial charge in [0.15, 0.2) is 0 Å². The van der Waals surface area contributed by atoms with Gasteiger partial charge in [-0.15, -0.1) is 0 Å². The second-order valence-electron chi connectivity index (χ2n) is 7.21. The number of aromatic amines is 1. The molecule has 11 heteroatoms. The molecule has 0 aromatic heterocycles. The standard InChI is InChI=1S/C22H19N4O6S/c1-13(27)25-33(30,31)17-7-3-14(4-8-17)23-22-18-9-5-15(26(28)29)11-21(18)24-20-10-6-16(32-2)12-19(20)22/h3-12,23-24H,1-2H3,(H-,25,27,28,29)/q-1. The molecule has 33 heavy (non-hydrogen) atoms. The Morgan fingerprint density at radius 2 is 1.76 bits per heavy atom. The van der Waals surface area contributed by atoms with Gasteiger partial charge in [0, 0.05) is 41.2 Å². The molecule has 0 spiro atoms. The zero-order valence-electron chi connectivity index (χ0n) is 17.6. The largest absolute Gasteiger partial charge is 0.612 e. The highest BCUT2D eigenvalue weighted by molar-refractivity contribution is 7.90. The van der Waals surface area contributed by atoms with Crippen molar-refractivity contribution in [1.82, 2.24) is 14.6 Å². The first-order chi connectivity index (χ1) is 15.7. The van der Waals surface area contributed by atoms with E-state index >= 15 is 0 Å². The van der Waals surface area contributed by atoms with Crippen LogP contribution < -0.4 is 25.0 Å². The van der Waals surface area contributed by atoms with Gasteiger partial charge in [-0.25, -0.2) is 13.1 Å². The molecule has 1 aliphatic carbocycles. The van der Waals surface area contributed by atoms with E-state index in [2.05, 4.69) is 10.3 Å². The average molecular weight is 467 g/mol. The van der Waals surface area contributed by atoms with Gasteiger partial charge in [0.1, 0.15) is 5.75 Å². The summed E-state index contributed by atoms with van der Waals surface area (Å²) in [4.78, 5) is 13.8. The van der Waals surface area contributed by atoms with Crippen molar-refractivity contribution >= 4 is 38.2 Å². The molecule has 10 nitrogen and oxygen atoms in total. The number of hydrogen-bond acceptors (Lipinski definition) is 7. The van der Waals surface area contributed by atoms with Gasteiger partial charge in [0.25, 0.3) is 10.0 Å². The van der Waals surface area contributed by atoms with Crippen LogP contribution in [0.5, 0.6) is 5.75 Å². The number of anilines is 2. The van der Waals surface area contributed by atoms with Crippen LogP contribution in [0.4, 0.5) is 11.4 Å². The van der Waals surface area contributed by atoms with Crippen LogP contribution >= 0.6 is 0 Å². The first-order valence-electron chi connectivity index (χ1n) is 9.69. The fraction of sp³-hybridized carbons (Fsp3) is 0.0909. The monoisotopic (exact) mass is 467 g/mol. The van der Waals surface area contributed by atoms with Crippen molar-refractivity contribution in [3.63, 3.8) is 0 Å². The van der Waals surface area contributed by atoms with Crippen LogP contribution in [0.15, 0.2) is 65.6 Å². The lowest BCUT2D eigenvalue weighted by Crippen LogP contribution is -2.28. The third-order valence-corrected chi connectivity index (χ3v) is 6.41. The van der Waals surface area contributed by atoms with Crippen LogP contribution in [-0.2, 0) is 14.8 Å². The van der Waals surface area contributed by atoms with Gasteiger partial charge in [-0.3, -0.25) is 4.79 Å². The van der Waals surface area contributed by atoms with E-state index in [-0.39, 0.29) is 10.3 Å². The first kappa shape index (κ1) is 22.0. The number of methoxy groups -OCH3 is 1. The number of amides is 1. The number of H-pyrrole nitrogens is 1. The normalized spacial score (nSPS) is 11.3. The van der Waals surface area contributed by atoms with E-state index in [0.29, 0.717) is 28.4 Å². The quantitative estimate of drug-likeness (QED) is 0.302. The van der Waals surface area contributed by atoms with Crippen LogP contribution in [-0.4, -0.2) is 26.4 Å². The molecular formula is C22H19N4O6S-. The number of nitrogens with one attached hydrogen (secondary N) is 3. The number of aromatic nitrogens is 1. The van der Waals surface area contributed by atoms with E-state index in [1.165, 1.54) is 24.3 Å². The Morgan fingerprint density at radius 1 is 1.03 bits per heavy atom. The summed E-state index contributed by atoms with van der Waals surface area (Å²) in [6.45, 7) is 1.12. The van der Waals surface area contributed by atoms with E-state index in [9.17, 15) is 23.6 Å². The highest BCUT2D eigenvalue weighted by atomic mass is 32.2. The first-order valence-corrected chi connectivity index (χ1v) is 11.2. The molecule has 4 rings (SSSR count). The molecule has 0 saturated carbocycles. The SMILES string of the molecule is COc1ccc2[nH]c3cc(=[N+]([O-])[O-])ccc-3c(Nc3ccc(S(=O)(=O)NC(C)=O)cc3)c2c1. The Balaban J connectivity index is 1.85. The van der Waals surface area contributed by atoms with Crippen LogP contribution in [0.1, 0.15) is 6.92 Å². The van der Waals surface area contributed by atoms with Crippen LogP contribution in [0.25, 0.3) is 22.2 Å². The third-order valence-electron chi connectivity index (χ3n) is 4.96. The molecule has 0 fully saturated rings. The average Bonchev–Trinajstić information content (AvgIpc) is 2.77. The van der Waals surface area contributed by atoms with E-state index in [4.69, 9.17) is 4.74 Å². The van der Waals surface area contributed by atoms with Crippen molar-refractivity contribution in [2.45, 2.75) is 11.8 Å². The summed E-state index contributed by atoms with van der Waals surface area (Å²) in [7, 11) is -2.40. The summed E-state index contributed by atoms with van der Waals surface area (Å²) in [6.07, 6.45) is 0. The third kappa shape index (κ3) is 4.39. The van der Waals surface area contributed by atoms with Crippen molar-refractivity contribution in [3.05, 3.63) is 76.4 Å². The minimum Gasteiger partial charge on any atom is -0.612 e. The Bertz CT molecular complexity index is 1510. The maximum Gasteiger partial charge on any atom is 0.264 e. The van der Waals surface area contributed by atoms with Crippen molar-refractivity contribution in [2.24, 2.45) is 0 Å². The van der Waals surface area contributed by atoms with Crippen molar-refractivity contribution in [3.8, 4) is 17.0 Å². The number of benzene rings is 3. The summed E-state index contributed by atoms with van der Waals surface area (Å²) >= 11 is 0. The van der Waals surface area contributed by atoms with E-state index in [1.807, 2.05) is 10.8 Å². The molecule has 1 aliphatic heterocycles. The lowest BCUT2D eigenvalue weighted by atomic mass is 10.0. The number of hydrogen-bond donors (Lipinski definition) is 3. The summed E-state index contributed by atoms with van der Waals surface area (Å²) in [5, 5.41) is 26.5. The molecule has 2 aromatic carbocycles. The molecule has 0 saturated heterocycles. The number of carbonyl (C=O) groups excluding carboxylic acids is 1. The van der Waals surface area contributed by atoms with Gasteiger partial charge in [-0.1, -0.05) is 0 Å². The maximum absolute atomic E-state index is 12.2. The van der Waals surface area contributed by atoms with Gasteiger partial charge in [-0.2, -0.15) is 4.90 Å². The number of pyridine rings is 1. The number of carbonyl (C=O) groups is 1. The smallest absolute Gasteiger partial charge is 0.264 e. The molecule has 1 amide bonds. The Hall–Kier alpha value is -4.25. The summed E-state index contributed by atoms with van der Waals surface area (Å²) in [5.41, 5.74) is 3.19. The van der Waals surface area contributed by atoms with Gasteiger partial charge < -0.3 is 25.5 Å². The molecule has 2 aliphatic rings. The van der Waals surface area contributed by atoms with Gasteiger partial charge >= 0.3 is 0 Å². The van der Waals surface area contributed by atoms with Crippen LogP contribution in [0.2, 0.25) is 0 Å². The summed E-state index contributed by atoms with van der Waals surface area (Å²) in [5.74, 6) is -0.0596. The van der Waals surface area contributed by atoms with Crippen LogP contribution in [0.3, 0.4) is 0 Å². The zero-order valence-corrected chi connectivity index (χ0v) is 18.4. The molecule has 0 unspecified atom stereocenters. The molecule has 0 atom stereocenters. The number of ether oxygens (including phenoxy) is 1. The maximum atomic E-state index is 12.2. The van der Waals surface area contributed by atoms with E-state index < -0.39 is 20.8 Å². The minimum absolute atomic E-state index is 0.0508. The molecule has 3 N–H and O–H groups in total. The lowest BCUT2D eigenvalue weighted by Gasteiger charge is -2.18. The Kier molecular flexibility index (Phi) is 5.56. The molecule has 1 heterocycles. The van der Waals surface area contributed by atoms with Crippen molar-refractivity contribution < 1.29 is 17.9 Å². The van der Waals surface area contributed by atoms with Crippen LogP contribution in [0, 0.1) is 10.4 Å². The molecule has 2 aromatic rings. The predicted molar refractivity (Wildman–Crippen MR) is 124 cm³/mol. The second-order valence-corrected chi connectivity index (χ2v) is 8.89. The highest BCUT2D eigenvalue weighted by Gasteiger charge is 2.17. The molecular weight excluding hydrogens is 448 g/mol. The number of fused-ring (bicyclic) bond motifs is 2. The minimum atomic E-state index is -3.95. The second kappa shape index (κ2) is 8.36. The molecule has 0 bridgehead atoms. The van der Waals surface area contributed by atoms with Crippen molar-refractivity contribution in [1.29, 1.82) is 0 Å². The predicted octanol–water partition coefficient (Wildman–Crippen LogP) is 2.62. The molecule has 0 radical (unpaired) electrons. The summed E-state index contributed by atoms with van der Waals surface area (Å²) < 4.78 is 31.7. The topological polar surface area (TPSA) is 149 Å². The Morgan fingerprint density at radius 3 is 2.39 bits per heavy atom. The lowest BCUT2D eigenvalue weighted by molar-refractivity contribution is -0.117. The van der Waals surface area contributed by atoms with E-state index in [0.717, 1.165) is 17.8 Å². The highest BCUT2D eigenvalue weighted by Crippen LogP contribution is 2.38. The van der Waals surface area contributed by atoms with Gasteiger partial charge in [-0.05, 0) is 48.5 Å². The number of nitrogens with zero attached hydrogens (tertiary/aromatic N) is 1. The fourth-order valence-electron chi connectivity index (χ4n) is 3.47. The Labute approximate surface area is 188 Å². The molecule has 170 valence electrons. The summed E-state index contributed by atoms with van der Waals surface area (Å²) in [6, 6.07) is 15.8. The van der Waals surface area contributed by atoms with Gasteiger partial charge in [0.05, 0.1) is 23.4 Å².